The molecule has 0 aliphatic carbocycles. The van der Waals surface area contributed by atoms with Crippen LogP contribution in [0.2, 0.25) is 0 Å². The van der Waals surface area contributed by atoms with Gasteiger partial charge in [-0.05, 0) is 0 Å². The fourth-order valence-electron chi connectivity index (χ4n) is 4.06. The SMILES string of the molecule is OC[C@H]1O[C@@H](O[C@H]2[C@H](O)[C@H](O)[C@H](O[C@H]3[C@H](O)[C@@H](O)[C@@H](O)O[C@@H]3CO)O[C@@H]2CO)[C@H](O)[C@@H](O)[C@@H]1O. The Labute approximate surface area is 192 Å². The third-order valence-corrected chi connectivity index (χ3v) is 6.09. The Morgan fingerprint density at radius 2 is 0.853 bits per heavy atom. The van der Waals surface area contributed by atoms with E-state index >= 15 is 0 Å². The predicted molar refractivity (Wildman–Crippen MR) is 101 cm³/mol. The molecular formula is C18H32O16. The minimum absolute atomic E-state index is 0.741. The number of hydrogen-bond donors (Lipinski definition) is 11. The molecule has 0 unspecified atom stereocenters. The van der Waals surface area contributed by atoms with E-state index in [1.807, 2.05) is 0 Å². The van der Waals surface area contributed by atoms with E-state index in [1.54, 1.807) is 0 Å². The lowest BCUT2D eigenvalue weighted by Gasteiger charge is -2.47. The Morgan fingerprint density at radius 1 is 0.441 bits per heavy atom. The van der Waals surface area contributed by atoms with Crippen LogP contribution in [0, 0.1) is 0 Å². The number of ether oxygens (including phenoxy) is 5. The van der Waals surface area contributed by atoms with E-state index in [4.69, 9.17) is 23.7 Å². The smallest absolute Gasteiger partial charge is 0.187 e. The molecule has 16 heteroatoms. The molecule has 0 aromatic carbocycles. The molecule has 200 valence electrons. The minimum Gasteiger partial charge on any atom is -0.394 e. The molecular weight excluding hydrogens is 472 g/mol. The first-order valence-corrected chi connectivity index (χ1v) is 10.6. The summed E-state index contributed by atoms with van der Waals surface area (Å²) in [5.41, 5.74) is 0. The topological polar surface area (TPSA) is 269 Å². The third kappa shape index (κ3) is 5.37. The van der Waals surface area contributed by atoms with Crippen molar-refractivity contribution in [3.8, 4) is 0 Å². The maximum atomic E-state index is 10.6. The van der Waals surface area contributed by atoms with Gasteiger partial charge in [-0.1, -0.05) is 0 Å². The van der Waals surface area contributed by atoms with Crippen molar-refractivity contribution in [2.24, 2.45) is 0 Å². The van der Waals surface area contributed by atoms with Gasteiger partial charge in [-0.2, -0.15) is 0 Å². The van der Waals surface area contributed by atoms with E-state index in [1.165, 1.54) is 0 Å². The molecule has 34 heavy (non-hydrogen) atoms. The molecule has 0 amide bonds. The molecule has 0 spiro atoms. The quantitative estimate of drug-likeness (QED) is 0.154. The van der Waals surface area contributed by atoms with Crippen molar-refractivity contribution < 1.29 is 79.9 Å². The highest BCUT2D eigenvalue weighted by Gasteiger charge is 2.53. The first kappa shape index (κ1) is 27.9. The van der Waals surface area contributed by atoms with E-state index in [0.29, 0.717) is 0 Å². The summed E-state index contributed by atoms with van der Waals surface area (Å²) in [7, 11) is 0. The maximum Gasteiger partial charge on any atom is 0.187 e. The summed E-state index contributed by atoms with van der Waals surface area (Å²) in [5.74, 6) is 0. The van der Waals surface area contributed by atoms with E-state index in [0.717, 1.165) is 0 Å². The highest BCUT2D eigenvalue weighted by molar-refractivity contribution is 4.96. The molecule has 16 nitrogen and oxygen atoms in total. The van der Waals surface area contributed by atoms with Crippen LogP contribution in [0.25, 0.3) is 0 Å². The van der Waals surface area contributed by atoms with Crippen molar-refractivity contribution in [3.63, 3.8) is 0 Å². The summed E-state index contributed by atoms with van der Waals surface area (Å²) >= 11 is 0. The Kier molecular flexibility index (Phi) is 9.54. The summed E-state index contributed by atoms with van der Waals surface area (Å²) in [6.45, 7) is -2.32. The maximum absolute atomic E-state index is 10.6. The molecule has 0 bridgehead atoms. The van der Waals surface area contributed by atoms with E-state index < -0.39 is 112 Å². The first-order valence-electron chi connectivity index (χ1n) is 10.6. The molecule has 3 rings (SSSR count). The summed E-state index contributed by atoms with van der Waals surface area (Å²) in [5, 5.41) is 109. The van der Waals surface area contributed by atoms with Crippen molar-refractivity contribution in [2.45, 2.75) is 92.1 Å². The summed E-state index contributed by atoms with van der Waals surface area (Å²) in [6.07, 6.45) is -25.1. The molecule has 3 aliphatic rings. The lowest BCUT2D eigenvalue weighted by molar-refractivity contribution is -0.377. The molecule has 3 saturated heterocycles. The van der Waals surface area contributed by atoms with Crippen LogP contribution in [-0.4, -0.2) is 168 Å². The van der Waals surface area contributed by atoms with Crippen LogP contribution in [0.4, 0.5) is 0 Å². The molecule has 3 heterocycles. The van der Waals surface area contributed by atoms with Crippen molar-refractivity contribution in [1.29, 1.82) is 0 Å². The van der Waals surface area contributed by atoms with Crippen molar-refractivity contribution >= 4 is 0 Å². The zero-order valence-electron chi connectivity index (χ0n) is 17.7. The summed E-state index contributed by atoms with van der Waals surface area (Å²) in [4.78, 5) is 0. The third-order valence-electron chi connectivity index (χ3n) is 6.09. The van der Waals surface area contributed by atoms with Gasteiger partial charge in [-0.25, -0.2) is 0 Å². The number of hydrogen-bond acceptors (Lipinski definition) is 16. The van der Waals surface area contributed by atoms with Crippen LogP contribution in [-0.2, 0) is 23.7 Å². The Bertz CT molecular complexity index is 635. The van der Waals surface area contributed by atoms with Gasteiger partial charge >= 0.3 is 0 Å². The average Bonchev–Trinajstić information content (AvgIpc) is 2.83. The van der Waals surface area contributed by atoms with Gasteiger partial charge in [0.2, 0.25) is 0 Å². The van der Waals surface area contributed by atoms with E-state index in [2.05, 4.69) is 0 Å². The normalized spacial score (nSPS) is 52.5. The van der Waals surface area contributed by atoms with Crippen LogP contribution in [0.15, 0.2) is 0 Å². The first-order chi connectivity index (χ1) is 16.0. The Hall–Kier alpha value is -0.640. The minimum atomic E-state index is -1.91. The van der Waals surface area contributed by atoms with Gasteiger partial charge in [0.05, 0.1) is 19.8 Å². The second kappa shape index (κ2) is 11.6. The summed E-state index contributed by atoms with van der Waals surface area (Å²) < 4.78 is 26.4. The molecule has 0 saturated carbocycles. The van der Waals surface area contributed by atoms with Gasteiger partial charge in [0.15, 0.2) is 18.9 Å². The van der Waals surface area contributed by atoms with Crippen molar-refractivity contribution in [2.75, 3.05) is 19.8 Å². The van der Waals surface area contributed by atoms with Gasteiger partial charge in [0, 0.05) is 0 Å². The number of rotatable bonds is 7. The van der Waals surface area contributed by atoms with Gasteiger partial charge in [0.25, 0.3) is 0 Å². The van der Waals surface area contributed by atoms with Crippen LogP contribution in [0.5, 0.6) is 0 Å². The zero-order valence-corrected chi connectivity index (χ0v) is 17.7. The highest BCUT2D eigenvalue weighted by atomic mass is 16.8. The van der Waals surface area contributed by atoms with Crippen molar-refractivity contribution in [3.05, 3.63) is 0 Å². The van der Waals surface area contributed by atoms with E-state index in [9.17, 15) is 56.2 Å². The molecule has 0 aromatic rings. The fourth-order valence-corrected chi connectivity index (χ4v) is 4.06. The number of aliphatic hydroxyl groups excluding tert-OH is 11. The average molecular weight is 504 g/mol. The molecule has 0 radical (unpaired) electrons. The van der Waals surface area contributed by atoms with E-state index in [-0.39, 0.29) is 0 Å². The van der Waals surface area contributed by atoms with Gasteiger partial charge < -0.3 is 79.9 Å². The Morgan fingerprint density at radius 3 is 1.35 bits per heavy atom. The van der Waals surface area contributed by atoms with Gasteiger partial charge in [-0.3, -0.25) is 0 Å². The predicted octanol–water partition coefficient (Wildman–Crippen LogP) is -7.57. The lowest BCUT2D eigenvalue weighted by Crippen LogP contribution is -2.66. The molecule has 0 aromatic heterocycles. The zero-order chi connectivity index (χ0) is 25.3. The van der Waals surface area contributed by atoms with Crippen LogP contribution < -0.4 is 0 Å². The van der Waals surface area contributed by atoms with Crippen LogP contribution in [0.3, 0.4) is 0 Å². The largest absolute Gasteiger partial charge is 0.394 e. The standard InChI is InChI=1S/C18H32O16/c19-1-4-7(22)8(23)12(27)17(31-4)34-15-6(3-21)32-18(13(28)10(15)25)33-14-5(2-20)30-16(29)11(26)9(14)24/h4-29H,1-3H2/t4-,5-,6-,7-,8+,9-,10-,11-,12-,13+,14-,15-,16+,17+,18+/m1/s1. The second-order valence-electron chi connectivity index (χ2n) is 8.33. The highest BCUT2D eigenvalue weighted by Crippen LogP contribution is 2.32. The monoisotopic (exact) mass is 504 g/mol. The number of aliphatic hydroxyl groups is 11. The fraction of sp³-hybridized carbons (Fsp3) is 1.00. The molecule has 15 atom stereocenters. The van der Waals surface area contributed by atoms with Crippen LogP contribution in [0.1, 0.15) is 0 Å². The van der Waals surface area contributed by atoms with Crippen molar-refractivity contribution in [1.82, 2.24) is 0 Å². The molecule has 3 aliphatic heterocycles. The lowest BCUT2D eigenvalue weighted by atomic mass is 9.96. The molecule has 3 fully saturated rings. The van der Waals surface area contributed by atoms with Crippen LogP contribution >= 0.6 is 0 Å². The Balaban J connectivity index is 1.72. The second-order valence-corrected chi connectivity index (χ2v) is 8.33. The van der Waals surface area contributed by atoms with Gasteiger partial charge in [-0.15, -0.1) is 0 Å². The van der Waals surface area contributed by atoms with Gasteiger partial charge in [0.1, 0.15) is 73.2 Å². The molecule has 11 N–H and O–H groups in total. The summed E-state index contributed by atoms with van der Waals surface area (Å²) in [6, 6.07) is 0.